The predicted octanol–water partition coefficient (Wildman–Crippen LogP) is 1.17. The predicted molar refractivity (Wildman–Crippen MR) is 50.9 cm³/mol. The number of benzene rings is 1. The zero-order chi connectivity index (χ0) is 10.6. The van der Waals surface area contributed by atoms with Gasteiger partial charge in [-0.1, -0.05) is 0 Å². The summed E-state index contributed by atoms with van der Waals surface area (Å²) in [6, 6.07) is 3.19. The van der Waals surface area contributed by atoms with Gasteiger partial charge in [-0.15, -0.1) is 0 Å². The maximum absolute atomic E-state index is 10.6. The van der Waals surface area contributed by atoms with E-state index in [4.69, 9.17) is 14.2 Å². The first-order chi connectivity index (χ1) is 6.78. The van der Waals surface area contributed by atoms with E-state index >= 15 is 0 Å². The molecule has 0 bridgehead atoms. The molecule has 1 aromatic carbocycles. The highest BCUT2D eigenvalue weighted by Crippen LogP contribution is 2.38. The lowest BCUT2D eigenvalue weighted by Gasteiger charge is -2.12. The number of hydrogen-bond acceptors (Lipinski definition) is 4. The molecule has 0 N–H and O–H groups in total. The molecule has 0 amide bonds. The zero-order valence-electron chi connectivity index (χ0n) is 8.29. The van der Waals surface area contributed by atoms with Gasteiger partial charge in [-0.05, 0) is 12.1 Å². The van der Waals surface area contributed by atoms with Crippen molar-refractivity contribution in [1.29, 1.82) is 0 Å². The van der Waals surface area contributed by atoms with E-state index in [2.05, 4.69) is 0 Å². The van der Waals surface area contributed by atoms with Crippen molar-refractivity contribution >= 4 is 6.29 Å². The van der Waals surface area contributed by atoms with Gasteiger partial charge in [0.05, 0.1) is 26.9 Å². The molecule has 0 saturated heterocycles. The molecule has 0 heterocycles. The van der Waals surface area contributed by atoms with Crippen LogP contribution in [-0.4, -0.2) is 27.6 Å². The number of ether oxygens (including phenoxy) is 3. The summed E-state index contributed by atoms with van der Waals surface area (Å²) in [4.78, 5) is 10.6. The molecule has 4 heteroatoms. The highest BCUT2D eigenvalue weighted by molar-refractivity contribution is 5.82. The molecular formula is C10H11O4. The highest BCUT2D eigenvalue weighted by Gasteiger charge is 2.15. The lowest BCUT2D eigenvalue weighted by atomic mass is 10.2. The zero-order valence-corrected chi connectivity index (χ0v) is 8.29. The molecule has 1 aromatic rings. The molecule has 0 saturated carbocycles. The molecule has 0 atom stereocenters. The Morgan fingerprint density at radius 1 is 1.00 bits per heavy atom. The second-order valence-electron chi connectivity index (χ2n) is 2.48. The normalized spacial score (nSPS) is 9.36. The number of methoxy groups -OCH3 is 3. The smallest absolute Gasteiger partial charge is 0.237 e. The summed E-state index contributed by atoms with van der Waals surface area (Å²) in [6.07, 6.45) is 1.76. The van der Waals surface area contributed by atoms with Crippen molar-refractivity contribution in [3.63, 3.8) is 0 Å². The average molecular weight is 195 g/mol. The molecule has 1 radical (unpaired) electrons. The van der Waals surface area contributed by atoms with E-state index < -0.39 is 0 Å². The van der Waals surface area contributed by atoms with Gasteiger partial charge in [0.15, 0.2) is 11.5 Å². The van der Waals surface area contributed by atoms with Gasteiger partial charge in [-0.3, -0.25) is 4.79 Å². The van der Waals surface area contributed by atoms with Crippen LogP contribution in [0.3, 0.4) is 0 Å². The Hall–Kier alpha value is -1.71. The van der Waals surface area contributed by atoms with Crippen LogP contribution in [0.5, 0.6) is 17.2 Å². The third kappa shape index (κ3) is 1.64. The summed E-state index contributed by atoms with van der Waals surface area (Å²) in [5, 5.41) is 0. The lowest BCUT2D eigenvalue weighted by molar-refractivity contribution is 0.324. The Morgan fingerprint density at radius 2 is 1.64 bits per heavy atom. The van der Waals surface area contributed by atoms with Gasteiger partial charge in [0.2, 0.25) is 12.0 Å². The van der Waals surface area contributed by atoms with Crippen LogP contribution in [0.1, 0.15) is 5.56 Å². The number of hydrogen-bond donors (Lipinski definition) is 0. The lowest BCUT2D eigenvalue weighted by Crippen LogP contribution is -1.98. The van der Waals surface area contributed by atoms with Crippen LogP contribution in [-0.2, 0) is 4.79 Å². The van der Waals surface area contributed by atoms with Crippen molar-refractivity contribution in [3.05, 3.63) is 17.7 Å². The first-order valence-corrected chi connectivity index (χ1v) is 3.95. The number of carbonyl (C=O) groups excluding carboxylic acids is 1. The van der Waals surface area contributed by atoms with Crippen molar-refractivity contribution in [1.82, 2.24) is 0 Å². The van der Waals surface area contributed by atoms with Crippen LogP contribution in [0.15, 0.2) is 12.1 Å². The van der Waals surface area contributed by atoms with E-state index in [0.717, 1.165) is 0 Å². The molecular weight excluding hydrogens is 184 g/mol. The average Bonchev–Trinajstić information content (AvgIpc) is 2.26. The number of rotatable bonds is 4. The van der Waals surface area contributed by atoms with Crippen LogP contribution in [0.4, 0.5) is 0 Å². The van der Waals surface area contributed by atoms with Crippen LogP contribution < -0.4 is 14.2 Å². The quantitative estimate of drug-likeness (QED) is 0.723. The maximum Gasteiger partial charge on any atom is 0.237 e. The van der Waals surface area contributed by atoms with Crippen molar-refractivity contribution in [2.24, 2.45) is 0 Å². The van der Waals surface area contributed by atoms with Gasteiger partial charge in [-0.25, -0.2) is 0 Å². The van der Waals surface area contributed by atoms with Gasteiger partial charge >= 0.3 is 0 Å². The molecule has 0 aliphatic rings. The van der Waals surface area contributed by atoms with Crippen LogP contribution in [0.2, 0.25) is 0 Å². The minimum Gasteiger partial charge on any atom is -0.493 e. The Balaban J connectivity index is 3.35. The second kappa shape index (κ2) is 4.50. The summed E-state index contributed by atoms with van der Waals surface area (Å²) >= 11 is 0. The topological polar surface area (TPSA) is 44.8 Å². The summed E-state index contributed by atoms with van der Waals surface area (Å²) in [5.41, 5.74) is 0.310. The van der Waals surface area contributed by atoms with Crippen LogP contribution in [0, 0.1) is 0 Å². The fraction of sp³-hybridized carbons (Fsp3) is 0.300. The first-order valence-electron chi connectivity index (χ1n) is 3.95. The third-order valence-corrected chi connectivity index (χ3v) is 1.81. The van der Waals surface area contributed by atoms with Crippen molar-refractivity contribution in [2.75, 3.05) is 21.3 Å². The Bertz CT molecular complexity index is 333. The highest BCUT2D eigenvalue weighted by atomic mass is 16.5. The van der Waals surface area contributed by atoms with E-state index in [9.17, 15) is 4.79 Å². The van der Waals surface area contributed by atoms with Gasteiger partial charge in [0.25, 0.3) is 0 Å². The van der Waals surface area contributed by atoms with Gasteiger partial charge in [0, 0.05) is 0 Å². The SMILES string of the molecule is COc1ccc([C]=O)c(OC)c1OC. The largest absolute Gasteiger partial charge is 0.493 e. The molecule has 1 rings (SSSR count). The Labute approximate surface area is 82.4 Å². The summed E-state index contributed by atoms with van der Waals surface area (Å²) in [5.74, 6) is 1.25. The van der Waals surface area contributed by atoms with E-state index in [1.807, 2.05) is 0 Å². The summed E-state index contributed by atoms with van der Waals surface area (Å²) in [7, 11) is 4.45. The standard InChI is InChI=1S/C10H11O4/c1-12-8-5-4-7(6-11)9(13-2)10(8)14-3/h4-5H,1-3H3. The fourth-order valence-corrected chi connectivity index (χ4v) is 1.18. The monoisotopic (exact) mass is 195 g/mol. The minimum atomic E-state index is 0.310. The molecule has 0 aliphatic carbocycles. The fourth-order valence-electron chi connectivity index (χ4n) is 1.18. The molecule has 4 nitrogen and oxygen atoms in total. The maximum atomic E-state index is 10.6. The van der Waals surface area contributed by atoms with E-state index in [-0.39, 0.29) is 0 Å². The summed E-state index contributed by atoms with van der Waals surface area (Å²) in [6.45, 7) is 0. The van der Waals surface area contributed by atoms with E-state index in [0.29, 0.717) is 22.8 Å². The third-order valence-electron chi connectivity index (χ3n) is 1.81. The molecule has 0 spiro atoms. The molecule has 0 aromatic heterocycles. The van der Waals surface area contributed by atoms with E-state index in [1.54, 1.807) is 18.4 Å². The van der Waals surface area contributed by atoms with Crippen LogP contribution >= 0.6 is 0 Å². The summed E-state index contributed by atoms with van der Waals surface area (Å²) < 4.78 is 15.1. The molecule has 75 valence electrons. The van der Waals surface area contributed by atoms with Gasteiger partial charge in [0.1, 0.15) is 0 Å². The Kier molecular flexibility index (Phi) is 3.34. The first kappa shape index (κ1) is 10.4. The van der Waals surface area contributed by atoms with Crippen molar-refractivity contribution in [3.8, 4) is 17.2 Å². The molecule has 14 heavy (non-hydrogen) atoms. The van der Waals surface area contributed by atoms with Crippen LogP contribution in [0.25, 0.3) is 0 Å². The second-order valence-corrected chi connectivity index (χ2v) is 2.48. The molecule has 0 fully saturated rings. The molecule has 0 unspecified atom stereocenters. The van der Waals surface area contributed by atoms with Gasteiger partial charge < -0.3 is 14.2 Å². The van der Waals surface area contributed by atoms with E-state index in [1.165, 1.54) is 21.3 Å². The van der Waals surface area contributed by atoms with Crippen molar-refractivity contribution in [2.45, 2.75) is 0 Å². The van der Waals surface area contributed by atoms with Gasteiger partial charge in [-0.2, -0.15) is 0 Å². The Morgan fingerprint density at radius 3 is 2.07 bits per heavy atom. The van der Waals surface area contributed by atoms with Crippen molar-refractivity contribution < 1.29 is 19.0 Å². The molecule has 0 aliphatic heterocycles. The minimum absolute atomic E-state index is 0.310.